The van der Waals surface area contributed by atoms with Crippen LogP contribution >= 0.6 is 0 Å². The molecule has 0 spiro atoms. The summed E-state index contributed by atoms with van der Waals surface area (Å²) >= 11 is 0. The van der Waals surface area contributed by atoms with Crippen molar-refractivity contribution in [2.75, 3.05) is 0 Å². The summed E-state index contributed by atoms with van der Waals surface area (Å²) in [5.74, 6) is 0.185. The van der Waals surface area contributed by atoms with Gasteiger partial charge in [-0.3, -0.25) is 0 Å². The van der Waals surface area contributed by atoms with Crippen molar-refractivity contribution in [1.82, 2.24) is 0 Å². The van der Waals surface area contributed by atoms with Crippen LogP contribution in [-0.2, 0) is 0 Å². The van der Waals surface area contributed by atoms with Crippen LogP contribution in [0.2, 0.25) is 0 Å². The molecule has 6 heavy (non-hydrogen) atoms. The lowest BCUT2D eigenvalue weighted by Crippen LogP contribution is -1.99. The maximum Gasteiger partial charge on any atom is 0.0672 e. The van der Waals surface area contributed by atoms with Gasteiger partial charge in [-0.1, -0.05) is 0 Å². The van der Waals surface area contributed by atoms with Crippen LogP contribution in [0.15, 0.2) is 0 Å². The molecule has 0 aliphatic heterocycles. The molecule has 0 saturated heterocycles. The fourth-order valence-electron chi connectivity index (χ4n) is 0.363. The Morgan fingerprint density at radius 1 is 1.83 bits per heavy atom. The Morgan fingerprint density at radius 3 is 2.33 bits per heavy atom. The van der Waals surface area contributed by atoms with Gasteiger partial charge in [-0.25, -0.2) is 0 Å². The minimum atomic E-state index is 0.185. The second kappa shape index (κ2) is 0.954. The molecule has 2 heteroatoms. The predicted molar refractivity (Wildman–Crippen MR) is 21.7 cm³/mol. The average molecular weight is 82.1 g/mol. The lowest BCUT2D eigenvalue weighted by molar-refractivity contribution is 0.985. The van der Waals surface area contributed by atoms with Gasteiger partial charge in [0.2, 0.25) is 0 Å². The predicted octanol–water partition coefficient (Wildman–Crippen LogP) is -0.143. The third-order valence-corrected chi connectivity index (χ3v) is 1.01. The first-order valence-corrected chi connectivity index (χ1v) is 2.00. The molecule has 2 nitrogen and oxygen atoms in total. The summed E-state index contributed by atoms with van der Waals surface area (Å²) in [5.41, 5.74) is 5.25. The third-order valence-electron chi connectivity index (χ3n) is 1.01. The van der Waals surface area contributed by atoms with Crippen LogP contribution in [0.4, 0.5) is 0 Å². The van der Waals surface area contributed by atoms with E-state index in [1.54, 1.807) is 0 Å². The molecule has 2 N–H and O–H groups in total. The molecule has 1 saturated carbocycles. The summed E-state index contributed by atoms with van der Waals surface area (Å²) in [5, 5.41) is 8.05. The van der Waals surface area contributed by atoms with Gasteiger partial charge in [0.25, 0.3) is 0 Å². The lowest BCUT2D eigenvalue weighted by Gasteiger charge is -1.67. The van der Waals surface area contributed by atoms with Gasteiger partial charge in [-0.15, -0.1) is 0 Å². The van der Waals surface area contributed by atoms with E-state index in [0.29, 0.717) is 0 Å². The molecule has 1 aliphatic carbocycles. The highest BCUT2D eigenvalue weighted by Crippen LogP contribution is 2.25. The second-order valence-corrected chi connectivity index (χ2v) is 1.64. The fraction of sp³-hybridized carbons (Fsp3) is 0.750. The van der Waals surface area contributed by atoms with Gasteiger partial charge >= 0.3 is 0 Å². The zero-order valence-corrected chi connectivity index (χ0v) is 3.39. The fourth-order valence-corrected chi connectivity index (χ4v) is 0.363. The van der Waals surface area contributed by atoms with E-state index < -0.39 is 0 Å². The van der Waals surface area contributed by atoms with Crippen molar-refractivity contribution in [3.05, 3.63) is 0 Å². The van der Waals surface area contributed by atoms with Crippen molar-refractivity contribution < 1.29 is 0 Å². The topological polar surface area (TPSA) is 49.8 Å². The van der Waals surface area contributed by atoms with Crippen molar-refractivity contribution in [1.29, 1.82) is 5.26 Å². The Hall–Kier alpha value is -0.550. The Balaban J connectivity index is 2.31. The Bertz CT molecular complexity index is 92.2. The Kier molecular flexibility index (Phi) is 0.578. The molecule has 0 bridgehead atoms. The molecular weight excluding hydrogens is 76.1 g/mol. The summed E-state index contributed by atoms with van der Waals surface area (Å²) in [4.78, 5) is 0. The summed E-state index contributed by atoms with van der Waals surface area (Å²) < 4.78 is 0. The molecule has 0 amide bonds. The van der Waals surface area contributed by atoms with E-state index in [0.717, 1.165) is 6.42 Å². The SMILES string of the molecule is N#CC1CC1N. The van der Waals surface area contributed by atoms with Crippen LogP contribution in [0.5, 0.6) is 0 Å². The van der Waals surface area contributed by atoms with Gasteiger partial charge in [-0.2, -0.15) is 5.26 Å². The minimum absolute atomic E-state index is 0.185. The molecule has 32 valence electrons. The molecule has 1 fully saturated rings. The largest absolute Gasteiger partial charge is 0.326 e. The minimum Gasteiger partial charge on any atom is -0.326 e. The van der Waals surface area contributed by atoms with Crippen molar-refractivity contribution in [3.8, 4) is 6.07 Å². The average Bonchev–Trinajstić information content (AvgIpc) is 2.19. The number of nitriles is 1. The third kappa shape index (κ3) is 0.373. The number of nitrogens with zero attached hydrogens (tertiary/aromatic N) is 1. The number of hydrogen-bond donors (Lipinski definition) is 1. The van der Waals surface area contributed by atoms with Crippen LogP contribution in [0.1, 0.15) is 6.42 Å². The molecule has 2 atom stereocenters. The Morgan fingerprint density at radius 2 is 2.33 bits per heavy atom. The van der Waals surface area contributed by atoms with Crippen molar-refractivity contribution >= 4 is 0 Å². The highest BCUT2D eigenvalue weighted by atomic mass is 14.7. The summed E-state index contributed by atoms with van der Waals surface area (Å²) in [7, 11) is 0. The van der Waals surface area contributed by atoms with E-state index >= 15 is 0 Å². The monoisotopic (exact) mass is 82.1 g/mol. The van der Waals surface area contributed by atoms with Crippen LogP contribution in [0.25, 0.3) is 0 Å². The quantitative estimate of drug-likeness (QED) is 0.442. The van der Waals surface area contributed by atoms with E-state index in [2.05, 4.69) is 6.07 Å². The first kappa shape index (κ1) is 3.63. The zero-order valence-electron chi connectivity index (χ0n) is 3.39. The first-order chi connectivity index (χ1) is 2.84. The van der Waals surface area contributed by atoms with Crippen LogP contribution in [0, 0.1) is 17.2 Å². The van der Waals surface area contributed by atoms with Crippen molar-refractivity contribution in [3.63, 3.8) is 0 Å². The maximum absolute atomic E-state index is 8.05. The molecule has 2 unspecified atom stereocenters. The van der Waals surface area contributed by atoms with Crippen LogP contribution < -0.4 is 5.73 Å². The van der Waals surface area contributed by atoms with Gasteiger partial charge in [0.05, 0.1) is 12.0 Å². The zero-order chi connectivity index (χ0) is 4.57. The van der Waals surface area contributed by atoms with E-state index in [1.165, 1.54) is 0 Å². The molecule has 1 aliphatic rings. The standard InChI is InChI=1S/C4H6N2/c5-2-3-1-4(3)6/h3-4H,1,6H2. The number of hydrogen-bond acceptors (Lipinski definition) is 2. The second-order valence-electron chi connectivity index (χ2n) is 1.64. The van der Waals surface area contributed by atoms with Gasteiger partial charge < -0.3 is 5.73 Å². The summed E-state index contributed by atoms with van der Waals surface area (Å²) in [6, 6.07) is 2.27. The molecule has 0 heterocycles. The smallest absolute Gasteiger partial charge is 0.0672 e. The maximum atomic E-state index is 8.05. The van der Waals surface area contributed by atoms with Crippen molar-refractivity contribution in [2.45, 2.75) is 12.5 Å². The number of nitrogens with two attached hydrogens (primary N) is 1. The summed E-state index contributed by atoms with van der Waals surface area (Å²) in [6.07, 6.45) is 0.913. The van der Waals surface area contributed by atoms with E-state index in [1.807, 2.05) is 0 Å². The van der Waals surface area contributed by atoms with Crippen LogP contribution in [-0.4, -0.2) is 6.04 Å². The molecule has 0 aromatic carbocycles. The Labute approximate surface area is 36.6 Å². The van der Waals surface area contributed by atoms with Gasteiger partial charge in [0, 0.05) is 6.04 Å². The van der Waals surface area contributed by atoms with E-state index in [9.17, 15) is 0 Å². The highest BCUT2D eigenvalue weighted by Gasteiger charge is 2.32. The number of rotatable bonds is 0. The molecule has 0 aromatic heterocycles. The van der Waals surface area contributed by atoms with Crippen molar-refractivity contribution in [2.24, 2.45) is 11.7 Å². The molecule has 1 rings (SSSR count). The summed E-state index contributed by atoms with van der Waals surface area (Å²) in [6.45, 7) is 0. The van der Waals surface area contributed by atoms with Gasteiger partial charge in [-0.05, 0) is 6.42 Å². The molecule has 0 radical (unpaired) electrons. The van der Waals surface area contributed by atoms with Gasteiger partial charge in [0.1, 0.15) is 0 Å². The molecular formula is C4H6N2. The van der Waals surface area contributed by atoms with E-state index in [-0.39, 0.29) is 12.0 Å². The normalized spacial score (nSPS) is 41.3. The van der Waals surface area contributed by atoms with E-state index in [4.69, 9.17) is 11.0 Å². The van der Waals surface area contributed by atoms with Crippen LogP contribution in [0.3, 0.4) is 0 Å². The lowest BCUT2D eigenvalue weighted by atomic mass is 10.5. The molecule has 0 aromatic rings. The van der Waals surface area contributed by atoms with Gasteiger partial charge in [0.15, 0.2) is 0 Å². The highest BCUT2D eigenvalue weighted by molar-refractivity contribution is 5.04. The first-order valence-electron chi connectivity index (χ1n) is 2.00.